The number of hydrogen-bond donors (Lipinski definition) is 1. The third-order valence-corrected chi connectivity index (χ3v) is 8.07. The van der Waals surface area contributed by atoms with Crippen molar-refractivity contribution >= 4 is 29.5 Å². The highest BCUT2D eigenvalue weighted by atomic mass is 16.5. The molecule has 1 aromatic rings. The van der Waals surface area contributed by atoms with Gasteiger partial charge in [-0.3, -0.25) is 19.2 Å². The first kappa shape index (κ1) is 23.1. The number of Topliss-reactive ketones (excluding diaryl/α,β-unsaturated/α-hetero) is 1. The molecule has 3 aliphatic carbocycles. The maximum atomic E-state index is 13.5. The Morgan fingerprint density at radius 3 is 2.68 bits per heavy atom. The van der Waals surface area contributed by atoms with Crippen molar-refractivity contribution in [1.29, 1.82) is 0 Å². The molecule has 0 saturated carbocycles. The number of carbonyl (C=O) groups is 5. The number of phenols is 1. The summed E-state index contributed by atoms with van der Waals surface area (Å²) < 4.78 is 10.5. The summed E-state index contributed by atoms with van der Waals surface area (Å²) in [7, 11) is 1.11. The molecule has 0 unspecified atom stereocenters. The molecule has 1 aromatic carbocycles. The van der Waals surface area contributed by atoms with Gasteiger partial charge in [-0.25, -0.2) is 4.79 Å². The highest BCUT2D eigenvalue weighted by Crippen LogP contribution is 2.54. The Bertz CT molecular complexity index is 1460. The van der Waals surface area contributed by atoms with Crippen molar-refractivity contribution in [2.75, 3.05) is 7.11 Å². The van der Waals surface area contributed by atoms with Crippen LogP contribution >= 0.6 is 0 Å². The van der Waals surface area contributed by atoms with E-state index in [0.29, 0.717) is 39.4 Å². The molecular weight excluding hydrogens is 478 g/mol. The van der Waals surface area contributed by atoms with Gasteiger partial charge in [0.1, 0.15) is 11.5 Å². The van der Waals surface area contributed by atoms with E-state index < -0.39 is 41.6 Å². The zero-order valence-corrected chi connectivity index (χ0v) is 20.1. The fraction of sp³-hybridized carbons (Fsp3) is 0.321. The van der Waals surface area contributed by atoms with Crippen molar-refractivity contribution in [2.24, 2.45) is 23.7 Å². The minimum Gasteiger partial charge on any atom is -0.508 e. The largest absolute Gasteiger partial charge is 0.508 e. The highest BCUT2D eigenvalue weighted by Gasteiger charge is 2.58. The van der Waals surface area contributed by atoms with Crippen LogP contribution in [0.5, 0.6) is 11.5 Å². The first-order chi connectivity index (χ1) is 17.7. The van der Waals surface area contributed by atoms with Crippen molar-refractivity contribution in [3.63, 3.8) is 0 Å². The Labute approximate surface area is 211 Å². The van der Waals surface area contributed by atoms with Crippen LogP contribution in [0.4, 0.5) is 4.79 Å². The summed E-state index contributed by atoms with van der Waals surface area (Å²) in [6, 6.07) is 4.77. The molecule has 4 atom stereocenters. The van der Waals surface area contributed by atoms with Gasteiger partial charge in [0.05, 0.1) is 25.2 Å². The van der Waals surface area contributed by atoms with Gasteiger partial charge in [-0.05, 0) is 55.5 Å². The molecule has 0 aromatic heterocycles. The number of rotatable bonds is 1. The monoisotopic (exact) mass is 501 g/mol. The Morgan fingerprint density at radius 1 is 1.14 bits per heavy atom. The summed E-state index contributed by atoms with van der Waals surface area (Å²) >= 11 is 0. The number of ether oxygens (including phenoxy) is 2. The second kappa shape index (κ2) is 8.12. The zero-order chi connectivity index (χ0) is 26.2. The average molecular weight is 501 g/mol. The van der Waals surface area contributed by atoms with Crippen LogP contribution in [0.25, 0.3) is 0 Å². The molecule has 37 heavy (non-hydrogen) atoms. The zero-order valence-electron chi connectivity index (χ0n) is 20.1. The van der Waals surface area contributed by atoms with Crippen LogP contribution in [0.15, 0.2) is 64.5 Å². The smallest absolute Gasteiger partial charge is 0.423 e. The number of fused-ring (bicyclic) bond motifs is 4. The third kappa shape index (κ3) is 3.26. The number of imide groups is 3. The van der Waals surface area contributed by atoms with E-state index in [1.807, 2.05) is 6.08 Å². The van der Waals surface area contributed by atoms with Crippen molar-refractivity contribution in [3.8, 4) is 11.5 Å². The summed E-state index contributed by atoms with van der Waals surface area (Å²) in [5, 5.41) is 10.0. The Kier molecular flexibility index (Phi) is 5.08. The van der Waals surface area contributed by atoms with E-state index in [-0.39, 0.29) is 30.2 Å². The summed E-state index contributed by atoms with van der Waals surface area (Å²) in [5.41, 5.74) is 3.22. The quantitative estimate of drug-likeness (QED) is 0.354. The summed E-state index contributed by atoms with van der Waals surface area (Å²) in [5.74, 6) is -3.93. The molecule has 2 aliphatic heterocycles. The van der Waals surface area contributed by atoms with Crippen molar-refractivity contribution in [3.05, 3.63) is 70.0 Å². The first-order valence-electron chi connectivity index (χ1n) is 12.0. The molecule has 6 rings (SSSR count). The van der Waals surface area contributed by atoms with Crippen LogP contribution in [0.1, 0.15) is 25.3 Å². The van der Waals surface area contributed by atoms with Crippen LogP contribution in [-0.4, -0.2) is 46.6 Å². The molecule has 0 spiro atoms. The SMILES string of the molecule is COC(=O)N1C(=O)[C@H]2[C@H](CC=C3[C@H](C4=COc5ccc(O)cc5C4)C4=C(C[C@H]32)C(=O)C=C(C)C4=O)C1=O. The number of ketones is 2. The maximum Gasteiger partial charge on any atom is 0.423 e. The van der Waals surface area contributed by atoms with Crippen LogP contribution in [-0.2, 0) is 30.3 Å². The normalized spacial score (nSPS) is 28.4. The van der Waals surface area contributed by atoms with Gasteiger partial charge in [0.25, 0.3) is 0 Å². The van der Waals surface area contributed by atoms with Crippen molar-refractivity contribution in [1.82, 2.24) is 4.90 Å². The van der Waals surface area contributed by atoms with Crippen LogP contribution in [0, 0.1) is 23.7 Å². The van der Waals surface area contributed by atoms with Gasteiger partial charge < -0.3 is 14.6 Å². The van der Waals surface area contributed by atoms with E-state index in [0.717, 1.165) is 18.2 Å². The molecule has 3 amide bonds. The Balaban J connectivity index is 1.48. The molecule has 9 heteroatoms. The molecular formula is C28H23NO8. The van der Waals surface area contributed by atoms with Gasteiger partial charge in [0.2, 0.25) is 11.8 Å². The van der Waals surface area contributed by atoms with Crippen LogP contribution in [0.3, 0.4) is 0 Å². The number of phenolic OH excluding ortho intramolecular Hbond substituents is 1. The van der Waals surface area contributed by atoms with Crippen LogP contribution in [0.2, 0.25) is 0 Å². The molecule has 1 fully saturated rings. The molecule has 9 nitrogen and oxygen atoms in total. The Hall–Kier alpha value is -4.27. The maximum absolute atomic E-state index is 13.5. The Morgan fingerprint density at radius 2 is 1.92 bits per heavy atom. The van der Waals surface area contributed by atoms with Gasteiger partial charge in [-0.1, -0.05) is 11.6 Å². The summed E-state index contributed by atoms with van der Waals surface area (Å²) in [4.78, 5) is 65.8. The van der Waals surface area contributed by atoms with E-state index in [4.69, 9.17) is 4.74 Å². The lowest BCUT2D eigenvalue weighted by atomic mass is 9.58. The molecule has 1 saturated heterocycles. The number of nitrogens with zero attached hydrogens (tertiary/aromatic N) is 1. The lowest BCUT2D eigenvalue weighted by molar-refractivity contribution is -0.137. The number of benzene rings is 1. The first-order valence-corrected chi connectivity index (χ1v) is 12.0. The minimum atomic E-state index is -1.03. The van der Waals surface area contributed by atoms with E-state index in [1.54, 1.807) is 25.3 Å². The van der Waals surface area contributed by atoms with Gasteiger partial charge >= 0.3 is 6.09 Å². The average Bonchev–Trinajstić information content (AvgIpc) is 3.15. The summed E-state index contributed by atoms with van der Waals surface area (Å²) in [6.45, 7) is 1.60. The second-order valence-corrected chi connectivity index (χ2v) is 9.99. The fourth-order valence-corrected chi connectivity index (χ4v) is 6.44. The van der Waals surface area contributed by atoms with Gasteiger partial charge in [0, 0.05) is 34.6 Å². The van der Waals surface area contributed by atoms with Crippen LogP contribution < -0.4 is 4.74 Å². The number of likely N-dealkylation sites (tertiary alicyclic amines) is 1. The van der Waals surface area contributed by atoms with E-state index in [9.17, 15) is 29.1 Å². The lowest BCUT2D eigenvalue weighted by Crippen LogP contribution is -2.42. The predicted molar refractivity (Wildman–Crippen MR) is 127 cm³/mol. The van der Waals surface area contributed by atoms with E-state index in [2.05, 4.69) is 4.74 Å². The second-order valence-electron chi connectivity index (χ2n) is 9.99. The molecule has 188 valence electrons. The molecule has 2 heterocycles. The van der Waals surface area contributed by atoms with E-state index in [1.165, 1.54) is 12.1 Å². The van der Waals surface area contributed by atoms with Crippen molar-refractivity contribution in [2.45, 2.75) is 26.2 Å². The molecule has 5 aliphatic rings. The number of methoxy groups -OCH3 is 1. The third-order valence-electron chi connectivity index (χ3n) is 8.07. The number of carbonyl (C=O) groups excluding carboxylic acids is 5. The number of amides is 3. The number of hydrogen-bond acceptors (Lipinski definition) is 8. The number of aromatic hydroxyl groups is 1. The molecule has 0 bridgehead atoms. The highest BCUT2D eigenvalue weighted by molar-refractivity contribution is 6.23. The standard InChI is InChI=1S/C28H23NO8/c1-12-7-20(31)19-10-18-16(4-5-17-23(18)27(34)29(26(17)33)28(35)36-2)22(24(19)25(12)32)14-8-13-9-15(30)3-6-21(13)37-11-14/h3-4,6-7,9,11,17-18,22-23,30H,5,8,10H2,1-2H3/t17-,18+,22-,23-/m0/s1. The van der Waals surface area contributed by atoms with Gasteiger partial charge in [-0.15, -0.1) is 0 Å². The molecule has 1 N–H and O–H groups in total. The van der Waals surface area contributed by atoms with Gasteiger partial charge in [0.15, 0.2) is 11.6 Å². The molecule has 0 radical (unpaired) electrons. The predicted octanol–water partition coefficient (Wildman–Crippen LogP) is 2.94. The fourth-order valence-electron chi connectivity index (χ4n) is 6.44. The van der Waals surface area contributed by atoms with E-state index >= 15 is 0 Å². The van der Waals surface area contributed by atoms with Crippen molar-refractivity contribution < 1.29 is 38.6 Å². The number of allylic oxidation sites excluding steroid dienone is 7. The lowest BCUT2D eigenvalue weighted by Gasteiger charge is -2.43. The summed E-state index contributed by atoms with van der Waals surface area (Å²) in [6.07, 6.45) is 4.42. The minimum absolute atomic E-state index is 0.0745. The van der Waals surface area contributed by atoms with Gasteiger partial charge in [-0.2, -0.15) is 4.90 Å². The topological polar surface area (TPSA) is 127 Å².